The second-order valence-electron chi connectivity index (χ2n) is 6.13. The van der Waals surface area contributed by atoms with E-state index in [-0.39, 0.29) is 12.5 Å². The summed E-state index contributed by atoms with van der Waals surface area (Å²) in [4.78, 5) is 14.3. The molecule has 0 saturated heterocycles. The van der Waals surface area contributed by atoms with Crippen molar-refractivity contribution >= 4 is 46.4 Å². The van der Waals surface area contributed by atoms with Gasteiger partial charge in [0.25, 0.3) is 0 Å². The zero-order valence-corrected chi connectivity index (χ0v) is 17.4. The molecule has 0 bridgehead atoms. The van der Waals surface area contributed by atoms with E-state index in [1.807, 2.05) is 30.0 Å². The van der Waals surface area contributed by atoms with Gasteiger partial charge in [0, 0.05) is 16.7 Å². The van der Waals surface area contributed by atoms with E-state index in [9.17, 15) is 4.79 Å². The zero-order valence-electron chi connectivity index (χ0n) is 15.1. The second-order valence-corrected chi connectivity index (χ2v) is 7.38. The molecule has 0 aliphatic carbocycles. The van der Waals surface area contributed by atoms with Gasteiger partial charge in [-0.1, -0.05) is 65.1 Å². The van der Waals surface area contributed by atoms with Crippen molar-refractivity contribution in [3.8, 4) is 11.3 Å². The lowest BCUT2D eigenvalue weighted by Gasteiger charge is -2.18. The van der Waals surface area contributed by atoms with Gasteiger partial charge in [0.05, 0.1) is 28.8 Å². The molecule has 1 heterocycles. The topological polar surface area (TPSA) is 58.4 Å². The minimum Gasteiger partial charge on any atom is -0.359 e. The third-order valence-corrected chi connectivity index (χ3v) is 5.00. The van der Waals surface area contributed by atoms with Crippen molar-refractivity contribution < 1.29 is 9.32 Å². The van der Waals surface area contributed by atoms with Crippen LogP contribution in [0, 0.1) is 0 Å². The number of aromatic nitrogens is 1. The molecule has 3 aromatic rings. The molecule has 0 spiro atoms. The molecule has 1 amide bonds. The molecule has 0 aliphatic heterocycles. The smallest absolute Gasteiger partial charge is 0.238 e. The van der Waals surface area contributed by atoms with Crippen LogP contribution in [0.2, 0.25) is 15.1 Å². The Morgan fingerprint density at radius 3 is 2.43 bits per heavy atom. The van der Waals surface area contributed by atoms with E-state index in [4.69, 9.17) is 39.3 Å². The molecule has 28 heavy (non-hydrogen) atoms. The van der Waals surface area contributed by atoms with Crippen LogP contribution >= 0.6 is 34.8 Å². The largest absolute Gasteiger partial charge is 0.359 e. The Morgan fingerprint density at radius 2 is 1.79 bits per heavy atom. The van der Waals surface area contributed by atoms with Crippen LogP contribution in [0.4, 0.5) is 5.69 Å². The average Bonchev–Trinajstić information content (AvgIpc) is 3.13. The fraction of sp³-hybridized carbons (Fsp3) is 0.200. The lowest BCUT2D eigenvalue weighted by molar-refractivity contribution is -0.117. The number of nitrogens with one attached hydrogen (secondary N) is 1. The maximum Gasteiger partial charge on any atom is 0.238 e. The van der Waals surface area contributed by atoms with Crippen LogP contribution in [0.25, 0.3) is 11.3 Å². The summed E-state index contributed by atoms with van der Waals surface area (Å²) in [6, 6.07) is 14.3. The Morgan fingerprint density at radius 1 is 1.11 bits per heavy atom. The van der Waals surface area contributed by atoms with Crippen LogP contribution in [-0.4, -0.2) is 29.1 Å². The Kier molecular flexibility index (Phi) is 6.97. The molecule has 3 rings (SSSR count). The average molecular weight is 439 g/mol. The first-order chi connectivity index (χ1) is 13.5. The second kappa shape index (κ2) is 9.43. The minimum atomic E-state index is -0.214. The maximum absolute atomic E-state index is 12.4. The van der Waals surface area contributed by atoms with Gasteiger partial charge in [0.1, 0.15) is 5.69 Å². The summed E-state index contributed by atoms with van der Waals surface area (Å²) in [5.74, 6) is 0.449. The number of likely N-dealkylation sites (N-methyl/N-ethyl adjacent to an activating group) is 1. The van der Waals surface area contributed by atoms with Gasteiger partial charge in [-0.3, -0.25) is 9.69 Å². The summed E-state index contributed by atoms with van der Waals surface area (Å²) in [5, 5.41) is 8.31. The number of amides is 1. The van der Waals surface area contributed by atoms with Gasteiger partial charge < -0.3 is 9.84 Å². The highest BCUT2D eigenvalue weighted by molar-refractivity contribution is 6.39. The molecule has 0 fully saturated rings. The van der Waals surface area contributed by atoms with Gasteiger partial charge in [-0.15, -0.1) is 0 Å². The summed E-state index contributed by atoms with van der Waals surface area (Å²) in [5.41, 5.74) is 2.04. The van der Waals surface area contributed by atoms with Crippen molar-refractivity contribution in [3.63, 3.8) is 0 Å². The van der Waals surface area contributed by atoms with Crippen LogP contribution < -0.4 is 5.32 Å². The van der Waals surface area contributed by atoms with Gasteiger partial charge >= 0.3 is 0 Å². The van der Waals surface area contributed by atoms with Gasteiger partial charge in [0.15, 0.2) is 5.76 Å². The third-order valence-electron chi connectivity index (χ3n) is 4.12. The lowest BCUT2D eigenvalue weighted by Crippen LogP contribution is -2.32. The quantitative estimate of drug-likeness (QED) is 0.509. The molecule has 1 N–H and O–H groups in total. The van der Waals surface area contributed by atoms with E-state index >= 15 is 0 Å². The highest BCUT2D eigenvalue weighted by Gasteiger charge is 2.15. The molecule has 1 aromatic heterocycles. The van der Waals surface area contributed by atoms with Crippen LogP contribution in [0.5, 0.6) is 0 Å². The number of anilines is 1. The number of halogens is 3. The van der Waals surface area contributed by atoms with E-state index < -0.39 is 0 Å². The molecule has 0 unspecified atom stereocenters. The first-order valence-corrected chi connectivity index (χ1v) is 9.77. The summed E-state index contributed by atoms with van der Waals surface area (Å²) < 4.78 is 5.42. The molecule has 2 aromatic carbocycles. The SMILES string of the molecule is CCN(CC(=O)Nc1c(Cl)cccc1Cl)Cc1cc(-c2ccc(Cl)cc2)no1. The Hall–Kier alpha value is -2.05. The van der Waals surface area contributed by atoms with Gasteiger partial charge in [-0.05, 0) is 30.8 Å². The van der Waals surface area contributed by atoms with E-state index in [2.05, 4.69) is 10.5 Å². The molecule has 8 heteroatoms. The normalized spacial score (nSPS) is 11.0. The molecule has 146 valence electrons. The van der Waals surface area contributed by atoms with E-state index in [0.717, 1.165) is 11.3 Å². The Labute approximate surface area is 178 Å². The fourth-order valence-electron chi connectivity index (χ4n) is 2.64. The van der Waals surface area contributed by atoms with E-state index in [1.165, 1.54) is 0 Å². The number of hydrogen-bond acceptors (Lipinski definition) is 4. The number of carbonyl (C=O) groups excluding carboxylic acids is 1. The molecule has 0 aliphatic rings. The number of nitrogens with zero attached hydrogens (tertiary/aromatic N) is 2. The summed E-state index contributed by atoms with van der Waals surface area (Å²) >= 11 is 18.1. The van der Waals surface area contributed by atoms with Crippen LogP contribution in [-0.2, 0) is 11.3 Å². The Balaban J connectivity index is 1.63. The van der Waals surface area contributed by atoms with Crippen LogP contribution in [0.15, 0.2) is 53.1 Å². The molecule has 0 saturated carbocycles. The number of carbonyl (C=O) groups is 1. The minimum absolute atomic E-state index is 0.162. The Bertz CT molecular complexity index is 937. The summed E-state index contributed by atoms with van der Waals surface area (Å²) in [6.45, 7) is 3.22. The predicted molar refractivity (Wildman–Crippen MR) is 113 cm³/mol. The number of hydrogen-bond donors (Lipinski definition) is 1. The fourth-order valence-corrected chi connectivity index (χ4v) is 3.26. The number of para-hydroxylation sites is 1. The van der Waals surface area contributed by atoms with Gasteiger partial charge in [-0.2, -0.15) is 0 Å². The van der Waals surface area contributed by atoms with Crippen molar-refractivity contribution in [2.45, 2.75) is 13.5 Å². The number of rotatable bonds is 7. The van der Waals surface area contributed by atoms with Crippen molar-refractivity contribution in [1.82, 2.24) is 10.1 Å². The molecule has 0 atom stereocenters. The highest BCUT2D eigenvalue weighted by Crippen LogP contribution is 2.29. The molecule has 5 nitrogen and oxygen atoms in total. The van der Waals surface area contributed by atoms with E-state index in [0.29, 0.717) is 39.6 Å². The van der Waals surface area contributed by atoms with Crippen molar-refractivity contribution in [2.24, 2.45) is 0 Å². The molecular formula is C20H18Cl3N3O2. The highest BCUT2D eigenvalue weighted by atomic mass is 35.5. The van der Waals surface area contributed by atoms with E-state index in [1.54, 1.807) is 30.3 Å². The molecular weight excluding hydrogens is 421 g/mol. The first-order valence-electron chi connectivity index (χ1n) is 8.64. The van der Waals surface area contributed by atoms with Gasteiger partial charge in [0.2, 0.25) is 5.91 Å². The number of benzene rings is 2. The standard InChI is InChI=1S/C20H18Cl3N3O2/c1-2-26(12-19(27)24-20-16(22)4-3-5-17(20)23)11-15-10-18(25-28-15)13-6-8-14(21)9-7-13/h3-10H,2,11-12H2,1H3,(H,24,27). The summed E-state index contributed by atoms with van der Waals surface area (Å²) in [6.07, 6.45) is 0. The lowest BCUT2D eigenvalue weighted by atomic mass is 10.1. The molecule has 0 radical (unpaired) electrons. The summed E-state index contributed by atoms with van der Waals surface area (Å²) in [7, 11) is 0. The maximum atomic E-state index is 12.4. The van der Waals surface area contributed by atoms with Crippen LogP contribution in [0.1, 0.15) is 12.7 Å². The zero-order chi connectivity index (χ0) is 20.1. The van der Waals surface area contributed by atoms with Gasteiger partial charge in [-0.25, -0.2) is 0 Å². The third kappa shape index (κ3) is 5.26. The first kappa shape index (κ1) is 20.7. The van der Waals surface area contributed by atoms with Crippen molar-refractivity contribution in [2.75, 3.05) is 18.4 Å². The predicted octanol–water partition coefficient (Wildman–Crippen LogP) is 5.76. The van der Waals surface area contributed by atoms with Crippen molar-refractivity contribution in [3.05, 3.63) is 69.4 Å². The van der Waals surface area contributed by atoms with Crippen LogP contribution in [0.3, 0.4) is 0 Å². The van der Waals surface area contributed by atoms with Crippen molar-refractivity contribution in [1.29, 1.82) is 0 Å². The monoisotopic (exact) mass is 437 g/mol.